The number of hydrogen-bond donors (Lipinski definition) is 0. The van der Waals surface area contributed by atoms with Crippen LogP contribution < -0.4 is 4.90 Å². The van der Waals surface area contributed by atoms with Gasteiger partial charge in [0.05, 0.1) is 6.61 Å². The molecule has 3 unspecified atom stereocenters. The van der Waals surface area contributed by atoms with Crippen molar-refractivity contribution in [3.8, 4) is 0 Å². The topological polar surface area (TPSA) is 32.8 Å². The lowest BCUT2D eigenvalue weighted by molar-refractivity contribution is -0.141. The average Bonchev–Trinajstić information content (AvgIpc) is 2.82. The van der Waals surface area contributed by atoms with Gasteiger partial charge in [0.1, 0.15) is 0 Å². The molecule has 190 valence electrons. The standard InChI is InChI=1S/C30H48N2O2/c1-23(33)34-20-7-6-15-31-16-18-32(19-17-31)26-10-8-9-24(21-26)25-11-12-27-28(22-25)30(4,5)14-13-29(27,2)3/h8-10,21,25,27-28H,6-7,11-20,22H2,1-5H3. The Hall–Kier alpha value is -1.55. The highest BCUT2D eigenvalue weighted by molar-refractivity contribution is 5.65. The molecule has 1 saturated heterocycles. The molecule has 34 heavy (non-hydrogen) atoms. The number of benzene rings is 1. The maximum atomic E-state index is 10.9. The molecule has 3 atom stereocenters. The van der Waals surface area contributed by atoms with Crippen LogP contribution in [0.15, 0.2) is 24.3 Å². The second-order valence-electron chi connectivity index (χ2n) is 12.7. The fourth-order valence-corrected chi connectivity index (χ4v) is 7.15. The van der Waals surface area contributed by atoms with Crippen LogP contribution in [-0.2, 0) is 9.53 Å². The molecule has 2 saturated carbocycles. The smallest absolute Gasteiger partial charge is 0.302 e. The summed E-state index contributed by atoms with van der Waals surface area (Å²) in [5.41, 5.74) is 3.97. The van der Waals surface area contributed by atoms with Crippen molar-refractivity contribution in [2.45, 2.75) is 85.5 Å². The first kappa shape index (κ1) is 25.5. The number of anilines is 1. The zero-order chi connectivity index (χ0) is 24.3. The number of rotatable bonds is 7. The first-order valence-corrected chi connectivity index (χ1v) is 13.9. The molecule has 0 aromatic heterocycles. The van der Waals surface area contributed by atoms with E-state index in [1.807, 2.05) is 0 Å². The van der Waals surface area contributed by atoms with Crippen molar-refractivity contribution < 1.29 is 9.53 Å². The maximum absolute atomic E-state index is 10.9. The molecule has 1 aromatic carbocycles. The summed E-state index contributed by atoms with van der Waals surface area (Å²) in [6, 6.07) is 9.53. The summed E-state index contributed by atoms with van der Waals surface area (Å²) < 4.78 is 5.05. The van der Waals surface area contributed by atoms with Gasteiger partial charge in [-0.1, -0.05) is 39.8 Å². The molecule has 1 aromatic rings. The minimum atomic E-state index is -0.171. The van der Waals surface area contributed by atoms with Crippen molar-refractivity contribution in [1.29, 1.82) is 0 Å². The largest absolute Gasteiger partial charge is 0.466 e. The van der Waals surface area contributed by atoms with Gasteiger partial charge < -0.3 is 9.64 Å². The van der Waals surface area contributed by atoms with Crippen molar-refractivity contribution >= 4 is 11.7 Å². The fraction of sp³-hybridized carbons (Fsp3) is 0.767. The molecule has 3 fully saturated rings. The Bertz CT molecular complexity index is 825. The third kappa shape index (κ3) is 5.98. The number of fused-ring (bicyclic) bond motifs is 1. The van der Waals surface area contributed by atoms with Crippen LogP contribution in [0.4, 0.5) is 5.69 Å². The zero-order valence-electron chi connectivity index (χ0n) is 22.4. The first-order chi connectivity index (χ1) is 16.2. The summed E-state index contributed by atoms with van der Waals surface area (Å²) in [4.78, 5) is 16.0. The second-order valence-corrected chi connectivity index (χ2v) is 12.7. The molecule has 1 heterocycles. The number of piperazine rings is 1. The molecule has 4 rings (SSSR count). The number of esters is 1. The summed E-state index contributed by atoms with van der Waals surface area (Å²) in [6.07, 6.45) is 8.93. The molecule has 0 radical (unpaired) electrons. The van der Waals surface area contributed by atoms with Crippen LogP contribution in [0.3, 0.4) is 0 Å². The molecule has 4 nitrogen and oxygen atoms in total. The lowest BCUT2D eigenvalue weighted by Gasteiger charge is -2.56. The number of ether oxygens (including phenoxy) is 1. The van der Waals surface area contributed by atoms with Crippen LogP contribution in [-0.4, -0.2) is 50.2 Å². The Kier molecular flexibility index (Phi) is 7.96. The van der Waals surface area contributed by atoms with E-state index in [1.54, 1.807) is 5.56 Å². The minimum absolute atomic E-state index is 0.171. The number of carbonyl (C=O) groups excluding carboxylic acids is 1. The molecule has 0 N–H and O–H groups in total. The molecule has 0 spiro atoms. The molecule has 0 amide bonds. The number of unbranched alkanes of at least 4 members (excludes halogenated alkanes) is 1. The van der Waals surface area contributed by atoms with Crippen LogP contribution >= 0.6 is 0 Å². The van der Waals surface area contributed by atoms with E-state index >= 15 is 0 Å². The average molecular weight is 469 g/mol. The van der Waals surface area contributed by atoms with Gasteiger partial charge in [-0.3, -0.25) is 9.69 Å². The van der Waals surface area contributed by atoms with Crippen LogP contribution in [0.1, 0.15) is 91.0 Å². The van der Waals surface area contributed by atoms with Gasteiger partial charge in [-0.2, -0.15) is 0 Å². The Morgan fingerprint density at radius 3 is 2.38 bits per heavy atom. The predicted molar refractivity (Wildman–Crippen MR) is 141 cm³/mol. The molecule has 3 aliphatic rings. The minimum Gasteiger partial charge on any atom is -0.466 e. The summed E-state index contributed by atoms with van der Waals surface area (Å²) in [7, 11) is 0. The van der Waals surface area contributed by atoms with Gasteiger partial charge in [-0.05, 0) is 97.8 Å². The molecular weight excluding hydrogens is 420 g/mol. The summed E-state index contributed by atoms with van der Waals surface area (Å²) in [5, 5.41) is 0. The Morgan fingerprint density at radius 2 is 1.68 bits per heavy atom. The van der Waals surface area contributed by atoms with Gasteiger partial charge in [-0.25, -0.2) is 0 Å². The van der Waals surface area contributed by atoms with Gasteiger partial charge in [0, 0.05) is 38.8 Å². The van der Waals surface area contributed by atoms with E-state index in [4.69, 9.17) is 4.74 Å². The maximum Gasteiger partial charge on any atom is 0.302 e. The van der Waals surface area contributed by atoms with E-state index in [2.05, 4.69) is 61.8 Å². The Morgan fingerprint density at radius 1 is 0.971 bits per heavy atom. The monoisotopic (exact) mass is 468 g/mol. The quantitative estimate of drug-likeness (QED) is 0.338. The van der Waals surface area contributed by atoms with Crippen LogP contribution in [0.5, 0.6) is 0 Å². The van der Waals surface area contributed by atoms with Gasteiger partial charge >= 0.3 is 5.97 Å². The van der Waals surface area contributed by atoms with E-state index in [0.717, 1.165) is 57.4 Å². The zero-order valence-corrected chi connectivity index (χ0v) is 22.4. The van der Waals surface area contributed by atoms with Crippen LogP contribution in [0, 0.1) is 22.7 Å². The third-order valence-corrected chi connectivity index (χ3v) is 9.52. The van der Waals surface area contributed by atoms with Gasteiger partial charge in [-0.15, -0.1) is 0 Å². The van der Waals surface area contributed by atoms with Gasteiger partial charge in [0.15, 0.2) is 0 Å². The van der Waals surface area contributed by atoms with Crippen molar-refractivity contribution in [1.82, 2.24) is 4.90 Å². The van der Waals surface area contributed by atoms with Gasteiger partial charge in [0.2, 0.25) is 0 Å². The lowest BCUT2D eigenvalue weighted by Crippen LogP contribution is -2.47. The molecule has 0 bridgehead atoms. The van der Waals surface area contributed by atoms with E-state index in [9.17, 15) is 4.79 Å². The molecule has 1 aliphatic heterocycles. The normalized spacial score (nSPS) is 28.9. The fourth-order valence-electron chi connectivity index (χ4n) is 7.15. The van der Waals surface area contributed by atoms with Crippen LogP contribution in [0.2, 0.25) is 0 Å². The first-order valence-electron chi connectivity index (χ1n) is 13.9. The SMILES string of the molecule is CC(=O)OCCCCN1CCN(c2cccc(C3CCC4C(C3)C(C)(C)CCC4(C)C)c2)CC1. The predicted octanol–water partition coefficient (Wildman–Crippen LogP) is 6.50. The third-order valence-electron chi connectivity index (χ3n) is 9.52. The van der Waals surface area contributed by atoms with E-state index in [-0.39, 0.29) is 5.97 Å². The second kappa shape index (κ2) is 10.6. The van der Waals surface area contributed by atoms with E-state index < -0.39 is 0 Å². The summed E-state index contributed by atoms with van der Waals surface area (Å²) in [5.74, 6) is 2.28. The summed E-state index contributed by atoms with van der Waals surface area (Å²) >= 11 is 0. The molecule has 4 heteroatoms. The highest BCUT2D eigenvalue weighted by Crippen LogP contribution is 2.59. The number of nitrogens with zero attached hydrogens (tertiary/aromatic N) is 2. The summed E-state index contributed by atoms with van der Waals surface area (Å²) in [6.45, 7) is 17.7. The number of carbonyl (C=O) groups is 1. The van der Waals surface area contributed by atoms with E-state index in [0.29, 0.717) is 23.4 Å². The van der Waals surface area contributed by atoms with Crippen LogP contribution in [0.25, 0.3) is 0 Å². The molecule has 2 aliphatic carbocycles. The van der Waals surface area contributed by atoms with Crippen molar-refractivity contribution in [2.24, 2.45) is 22.7 Å². The van der Waals surface area contributed by atoms with Crippen molar-refractivity contribution in [3.63, 3.8) is 0 Å². The van der Waals surface area contributed by atoms with E-state index in [1.165, 1.54) is 44.7 Å². The lowest BCUT2D eigenvalue weighted by atomic mass is 9.49. The number of hydrogen-bond acceptors (Lipinski definition) is 4. The highest BCUT2D eigenvalue weighted by atomic mass is 16.5. The van der Waals surface area contributed by atoms with Crippen molar-refractivity contribution in [3.05, 3.63) is 29.8 Å². The van der Waals surface area contributed by atoms with Crippen molar-refractivity contribution in [2.75, 3.05) is 44.2 Å². The Labute approximate surface area is 208 Å². The Balaban J connectivity index is 1.31. The highest BCUT2D eigenvalue weighted by Gasteiger charge is 2.49. The molecular formula is C30H48N2O2. The van der Waals surface area contributed by atoms with Gasteiger partial charge in [0.25, 0.3) is 0 Å².